The summed E-state index contributed by atoms with van der Waals surface area (Å²) in [4.78, 5) is 4.53. The molecule has 0 unspecified atom stereocenters. The van der Waals surface area contributed by atoms with Crippen molar-refractivity contribution in [1.82, 2.24) is 9.55 Å². The highest BCUT2D eigenvalue weighted by molar-refractivity contribution is 6.33. The van der Waals surface area contributed by atoms with Gasteiger partial charge in [-0.3, -0.25) is 0 Å². The lowest BCUT2D eigenvalue weighted by atomic mass is 10.2. The molecule has 5 heteroatoms. The number of fused-ring (bicyclic) bond motifs is 1. The third-order valence-electron chi connectivity index (χ3n) is 3.39. The van der Waals surface area contributed by atoms with Gasteiger partial charge in [0.1, 0.15) is 11.6 Å². The van der Waals surface area contributed by atoms with Crippen molar-refractivity contribution in [2.45, 2.75) is 13.5 Å². The number of nitriles is 1. The van der Waals surface area contributed by atoms with Crippen LogP contribution in [0.2, 0.25) is 5.02 Å². The zero-order valence-electron chi connectivity index (χ0n) is 11.3. The van der Waals surface area contributed by atoms with Gasteiger partial charge < -0.3 is 4.57 Å². The molecule has 0 saturated heterocycles. The average Bonchev–Trinajstić information content (AvgIpc) is 2.87. The Labute approximate surface area is 126 Å². The summed E-state index contributed by atoms with van der Waals surface area (Å²) >= 11 is 6.06. The van der Waals surface area contributed by atoms with Crippen molar-refractivity contribution < 1.29 is 4.39 Å². The van der Waals surface area contributed by atoms with Gasteiger partial charge in [0.15, 0.2) is 0 Å². The van der Waals surface area contributed by atoms with E-state index in [0.717, 1.165) is 5.52 Å². The van der Waals surface area contributed by atoms with Crippen molar-refractivity contribution in [3.05, 3.63) is 52.8 Å². The van der Waals surface area contributed by atoms with Gasteiger partial charge in [-0.05, 0) is 37.3 Å². The zero-order chi connectivity index (χ0) is 15.0. The maximum absolute atomic E-state index is 13.7. The number of hydrogen-bond donors (Lipinski definition) is 0. The molecule has 0 aliphatic carbocycles. The average molecular weight is 300 g/mol. The molecule has 2 aromatic carbocycles. The largest absolute Gasteiger partial charge is 0.324 e. The minimum absolute atomic E-state index is 0.0583. The van der Waals surface area contributed by atoms with E-state index in [1.807, 2.05) is 17.6 Å². The molecular formula is C16H11ClFN3. The second kappa shape index (κ2) is 5.19. The Kier molecular flexibility index (Phi) is 3.36. The molecule has 0 aliphatic rings. The van der Waals surface area contributed by atoms with E-state index in [1.165, 1.54) is 6.07 Å². The summed E-state index contributed by atoms with van der Waals surface area (Å²) in [6.45, 7) is 2.65. The van der Waals surface area contributed by atoms with Crippen molar-refractivity contribution >= 4 is 22.6 Å². The minimum atomic E-state index is -0.471. The maximum atomic E-state index is 13.7. The predicted octanol–water partition coefficient (Wildman–Crippen LogP) is 4.39. The molecule has 1 heterocycles. The minimum Gasteiger partial charge on any atom is -0.324 e. The first-order valence-electron chi connectivity index (χ1n) is 6.50. The molecule has 3 aromatic rings. The van der Waals surface area contributed by atoms with Gasteiger partial charge in [0, 0.05) is 12.1 Å². The van der Waals surface area contributed by atoms with Gasteiger partial charge in [-0.1, -0.05) is 17.7 Å². The summed E-state index contributed by atoms with van der Waals surface area (Å²) in [5, 5.41) is 9.03. The van der Waals surface area contributed by atoms with Crippen LogP contribution in [0.1, 0.15) is 12.5 Å². The Morgan fingerprint density at radius 1 is 1.33 bits per heavy atom. The molecule has 0 aliphatic heterocycles. The Balaban J connectivity index is 2.32. The number of rotatable bonds is 2. The van der Waals surface area contributed by atoms with Crippen LogP contribution in [0.15, 0.2) is 36.4 Å². The van der Waals surface area contributed by atoms with Gasteiger partial charge in [-0.2, -0.15) is 5.26 Å². The molecule has 3 nitrogen and oxygen atoms in total. The summed E-state index contributed by atoms with van der Waals surface area (Å²) in [6, 6.07) is 12.1. The van der Waals surface area contributed by atoms with E-state index in [4.69, 9.17) is 16.9 Å². The Hall–Kier alpha value is -2.38. The molecule has 0 radical (unpaired) electrons. The Morgan fingerprint density at radius 3 is 2.86 bits per heavy atom. The quantitative estimate of drug-likeness (QED) is 0.704. The van der Waals surface area contributed by atoms with Crippen molar-refractivity contribution in [3.8, 4) is 17.5 Å². The van der Waals surface area contributed by atoms with Crippen molar-refractivity contribution in [1.29, 1.82) is 5.26 Å². The first-order chi connectivity index (χ1) is 10.2. The molecule has 0 atom stereocenters. The number of benzene rings is 2. The van der Waals surface area contributed by atoms with Gasteiger partial charge in [0.25, 0.3) is 0 Å². The first-order valence-corrected chi connectivity index (χ1v) is 6.88. The number of hydrogen-bond acceptors (Lipinski definition) is 2. The number of nitrogens with zero attached hydrogens (tertiary/aromatic N) is 3. The van der Waals surface area contributed by atoms with E-state index in [1.54, 1.807) is 24.3 Å². The highest BCUT2D eigenvalue weighted by atomic mass is 35.5. The van der Waals surface area contributed by atoms with Gasteiger partial charge in [-0.15, -0.1) is 0 Å². The Bertz CT molecular complexity index is 877. The lowest BCUT2D eigenvalue weighted by Gasteiger charge is -2.08. The zero-order valence-corrected chi connectivity index (χ0v) is 12.0. The molecule has 0 bridgehead atoms. The SMILES string of the molecule is CCn1c(-c2cccc(F)c2Cl)nc2cc(C#N)ccc21. The first kappa shape index (κ1) is 13.6. The molecule has 104 valence electrons. The number of halogens is 2. The van der Waals surface area contributed by atoms with E-state index in [2.05, 4.69) is 11.1 Å². The molecule has 0 fully saturated rings. The van der Waals surface area contributed by atoms with Gasteiger partial charge in [-0.25, -0.2) is 9.37 Å². The van der Waals surface area contributed by atoms with Crippen molar-refractivity contribution in [3.63, 3.8) is 0 Å². The summed E-state index contributed by atoms with van der Waals surface area (Å²) in [5.74, 6) is 0.133. The summed E-state index contributed by atoms with van der Waals surface area (Å²) in [7, 11) is 0. The molecule has 3 rings (SSSR count). The van der Waals surface area contributed by atoms with Gasteiger partial charge in [0.05, 0.1) is 27.7 Å². The Morgan fingerprint density at radius 2 is 2.14 bits per heavy atom. The van der Waals surface area contributed by atoms with Crippen molar-refractivity contribution in [2.75, 3.05) is 0 Å². The van der Waals surface area contributed by atoms with Crippen molar-refractivity contribution in [2.24, 2.45) is 0 Å². The molecule has 0 N–H and O–H groups in total. The van der Waals surface area contributed by atoms with Crippen LogP contribution in [0.25, 0.3) is 22.4 Å². The summed E-state index contributed by atoms with van der Waals surface area (Å²) < 4.78 is 15.6. The van der Waals surface area contributed by atoms with Crippen LogP contribution in [-0.2, 0) is 6.54 Å². The molecule has 21 heavy (non-hydrogen) atoms. The monoisotopic (exact) mass is 299 g/mol. The lowest BCUT2D eigenvalue weighted by Crippen LogP contribution is -1.98. The second-order valence-corrected chi connectivity index (χ2v) is 4.97. The third-order valence-corrected chi connectivity index (χ3v) is 3.77. The van der Waals surface area contributed by atoms with Crippen LogP contribution in [0.4, 0.5) is 4.39 Å². The van der Waals surface area contributed by atoms with E-state index in [0.29, 0.717) is 29.0 Å². The maximum Gasteiger partial charge on any atom is 0.142 e. The fourth-order valence-corrected chi connectivity index (χ4v) is 2.61. The highest BCUT2D eigenvalue weighted by Gasteiger charge is 2.16. The van der Waals surface area contributed by atoms with E-state index in [-0.39, 0.29) is 5.02 Å². The molecule has 0 saturated carbocycles. The van der Waals surface area contributed by atoms with Crippen LogP contribution in [0.3, 0.4) is 0 Å². The molecule has 0 spiro atoms. The molecule has 0 amide bonds. The molecule has 1 aromatic heterocycles. The van der Waals surface area contributed by atoms with Crippen LogP contribution in [-0.4, -0.2) is 9.55 Å². The van der Waals surface area contributed by atoms with E-state index < -0.39 is 5.82 Å². The van der Waals surface area contributed by atoms with Crippen LogP contribution in [0, 0.1) is 17.1 Å². The summed E-state index contributed by atoms with van der Waals surface area (Å²) in [6.07, 6.45) is 0. The van der Waals surface area contributed by atoms with Crippen LogP contribution < -0.4 is 0 Å². The summed E-state index contributed by atoms with van der Waals surface area (Å²) in [5.41, 5.74) is 2.69. The van der Waals surface area contributed by atoms with E-state index >= 15 is 0 Å². The highest BCUT2D eigenvalue weighted by Crippen LogP contribution is 2.32. The number of aryl methyl sites for hydroxylation is 1. The predicted molar refractivity (Wildman–Crippen MR) is 80.5 cm³/mol. The van der Waals surface area contributed by atoms with Gasteiger partial charge >= 0.3 is 0 Å². The van der Waals surface area contributed by atoms with Gasteiger partial charge in [0.2, 0.25) is 0 Å². The number of aromatic nitrogens is 2. The molecular weight excluding hydrogens is 289 g/mol. The standard InChI is InChI=1S/C16H11ClFN3/c1-2-21-14-7-6-10(9-19)8-13(14)20-16(21)11-4-3-5-12(18)15(11)17/h3-8H,2H2,1H3. The normalized spacial score (nSPS) is 10.8. The van der Waals surface area contributed by atoms with Crippen LogP contribution >= 0.6 is 11.6 Å². The van der Waals surface area contributed by atoms with E-state index in [9.17, 15) is 4.39 Å². The number of imidazole rings is 1. The smallest absolute Gasteiger partial charge is 0.142 e. The third kappa shape index (κ3) is 2.16. The van der Waals surface area contributed by atoms with Crippen LogP contribution in [0.5, 0.6) is 0 Å². The fourth-order valence-electron chi connectivity index (χ4n) is 2.40. The topological polar surface area (TPSA) is 41.6 Å². The second-order valence-electron chi connectivity index (χ2n) is 4.60. The lowest BCUT2D eigenvalue weighted by molar-refractivity contribution is 0.628. The fraction of sp³-hybridized carbons (Fsp3) is 0.125.